The molecule has 34 heteroatoms. The molecule has 0 aliphatic heterocycles. The van der Waals surface area contributed by atoms with Crippen LogP contribution in [0, 0.1) is 5.92 Å². The highest BCUT2D eigenvalue weighted by Crippen LogP contribution is 2.24. The molecule has 20 N–H and O–H groups in total. The van der Waals surface area contributed by atoms with Gasteiger partial charge in [0, 0.05) is 108 Å². The Labute approximate surface area is 849 Å². The molecule has 0 heterocycles. The van der Waals surface area contributed by atoms with Gasteiger partial charge >= 0.3 is 23.9 Å². The van der Waals surface area contributed by atoms with Crippen LogP contribution in [0.3, 0.4) is 0 Å². The molecule has 6 radical (unpaired) electrons. The van der Waals surface area contributed by atoms with Crippen LogP contribution in [0.4, 0.5) is 0 Å². The molecule has 0 spiro atoms. The van der Waals surface area contributed by atoms with Gasteiger partial charge in [0.25, 0.3) is 0 Å². The predicted octanol–water partition coefficient (Wildman–Crippen LogP) is 17.7. The minimum absolute atomic E-state index is 0. The lowest BCUT2D eigenvalue weighted by molar-refractivity contribution is -0.164. The number of amides is 6. The van der Waals surface area contributed by atoms with Gasteiger partial charge in [-0.1, -0.05) is 293 Å². The van der Waals surface area contributed by atoms with Gasteiger partial charge in [-0.2, -0.15) is 0 Å². The summed E-state index contributed by atoms with van der Waals surface area (Å²) in [4.78, 5) is 185. The number of nitrogens with one attached hydrogen (secondary N) is 6. The van der Waals surface area contributed by atoms with Gasteiger partial charge in [-0.05, 0) is 161 Å². The first kappa shape index (κ1) is 163. The van der Waals surface area contributed by atoms with Crippen molar-refractivity contribution in [1.29, 1.82) is 0 Å². The molecule has 0 aromatic rings. The van der Waals surface area contributed by atoms with Crippen LogP contribution in [0.5, 0.6) is 0 Å². The molecule has 0 aliphatic rings. The van der Waals surface area contributed by atoms with E-state index in [-0.39, 0.29) is 115 Å². The van der Waals surface area contributed by atoms with Crippen LogP contribution in [0.25, 0.3) is 0 Å². The zero-order valence-electron chi connectivity index (χ0n) is 87.7. The van der Waals surface area contributed by atoms with Crippen molar-refractivity contribution in [3.63, 3.8) is 0 Å². The fourth-order valence-corrected chi connectivity index (χ4v) is 13.6. The fourth-order valence-electron chi connectivity index (χ4n) is 13.6. The van der Waals surface area contributed by atoms with Crippen molar-refractivity contribution < 1.29 is 129 Å². The van der Waals surface area contributed by atoms with E-state index in [9.17, 15) is 107 Å². The van der Waals surface area contributed by atoms with Gasteiger partial charge in [0.15, 0.2) is 17.0 Å². The first-order chi connectivity index (χ1) is 62.9. The van der Waals surface area contributed by atoms with Gasteiger partial charge < -0.3 is 98.8 Å². The van der Waals surface area contributed by atoms with Crippen molar-refractivity contribution in [2.75, 3.05) is 32.7 Å². The summed E-state index contributed by atoms with van der Waals surface area (Å²) in [5, 5.41) is 74.8. The third kappa shape index (κ3) is 126. The van der Waals surface area contributed by atoms with E-state index in [1.165, 1.54) is 199 Å². The molecular weight excluding hydrogens is 1790 g/mol. The summed E-state index contributed by atoms with van der Waals surface area (Å²) in [6.45, 7) is 24.9. The molecule has 0 aromatic carbocycles. The SMILES string of the molecule is C.C.CCCCC/C=C/C(C)=O.CCCCCCC/C=C/C(=O)NCCCCC(CC(=O)CC(O)(CC(=O)NC(CCCCNC(=O)/C=C/CCCCCCC)C(=O)O)C(=O)O)C(=O)O.CCCCCCCC(C)=O.CCCCCCCC(C)=O.CCCCCCCCCC(C)=O.CCCCCCCCCCCC(=O)NCCCNC(=O)CC(O)(CC(=O)CCCCNC(C)=O)C(=O)O.O.O.O.O.[B].[B]. The molecule has 0 aliphatic carbocycles. The predicted molar refractivity (Wildman–Crippen MR) is 568 cm³/mol. The first-order valence-electron chi connectivity index (χ1n) is 51.0. The lowest BCUT2D eigenvalue weighted by Crippen LogP contribution is -2.48. The monoisotopic (exact) mass is 2000 g/mol. The summed E-state index contributed by atoms with van der Waals surface area (Å²) in [5.74, 6) is -10.0. The lowest BCUT2D eigenvalue weighted by atomic mass is 9.87. The van der Waals surface area contributed by atoms with Crippen molar-refractivity contribution in [3.05, 3.63) is 36.5 Å². The fraction of sp³-hybridized carbons (Fsp3) is 0.792. The molecule has 0 aromatic heterocycles. The van der Waals surface area contributed by atoms with Crippen molar-refractivity contribution in [2.24, 2.45) is 5.92 Å². The summed E-state index contributed by atoms with van der Waals surface area (Å²) in [5.41, 5.74) is -5.35. The number of aliphatic hydroxyl groups is 2. The molecule has 0 fully saturated rings. The third-order valence-corrected chi connectivity index (χ3v) is 21.6. The van der Waals surface area contributed by atoms with Gasteiger partial charge in [0.1, 0.15) is 35.0 Å². The highest BCUT2D eigenvalue weighted by Gasteiger charge is 2.43. The zero-order chi connectivity index (χ0) is 101. The van der Waals surface area contributed by atoms with Crippen LogP contribution in [0.1, 0.15) is 490 Å². The van der Waals surface area contributed by atoms with E-state index in [0.717, 1.165) is 109 Å². The maximum Gasteiger partial charge on any atom is 0.336 e. The van der Waals surface area contributed by atoms with Gasteiger partial charge in [-0.15, -0.1) is 0 Å². The van der Waals surface area contributed by atoms with E-state index in [0.29, 0.717) is 88.4 Å². The van der Waals surface area contributed by atoms with Crippen LogP contribution in [0.2, 0.25) is 0 Å². The summed E-state index contributed by atoms with van der Waals surface area (Å²) < 4.78 is 0. The Kier molecular flexibility index (Phi) is 139. The molecule has 140 heavy (non-hydrogen) atoms. The van der Waals surface area contributed by atoms with Crippen molar-refractivity contribution in [2.45, 2.75) is 507 Å². The number of ketones is 6. The van der Waals surface area contributed by atoms with Crippen LogP contribution in [0.15, 0.2) is 36.5 Å². The maximum absolute atomic E-state index is 12.7. The Morgan fingerprint density at radius 1 is 0.286 bits per heavy atom. The Hall–Kier alpha value is -8.17. The Bertz CT molecular complexity index is 3040. The molecule has 0 bridgehead atoms. The van der Waals surface area contributed by atoms with E-state index < -0.39 is 103 Å². The number of aliphatic carboxylic acids is 4. The number of carbonyl (C=O) groups is 16. The van der Waals surface area contributed by atoms with Gasteiger partial charge in [0.2, 0.25) is 35.4 Å². The molecule has 0 rings (SSSR count). The summed E-state index contributed by atoms with van der Waals surface area (Å²) in [7, 11) is 0. The smallest absolute Gasteiger partial charge is 0.336 e. The van der Waals surface area contributed by atoms with Gasteiger partial charge in [-0.3, -0.25) is 47.9 Å². The Balaban J connectivity index is -0.000000130. The number of carboxylic acid groups (broad SMARTS) is 4. The quantitative estimate of drug-likeness (QED) is 0.0153. The highest BCUT2D eigenvalue weighted by molar-refractivity contribution is 5.95. The van der Waals surface area contributed by atoms with Crippen molar-refractivity contribution in [1.82, 2.24) is 31.9 Å². The first-order valence-corrected chi connectivity index (χ1v) is 51.0. The topological polar surface area (TPSA) is 593 Å². The molecule has 0 saturated carbocycles. The minimum Gasteiger partial charge on any atom is -0.481 e. The highest BCUT2D eigenvalue weighted by atomic mass is 16.4. The van der Waals surface area contributed by atoms with E-state index in [1.807, 2.05) is 18.2 Å². The van der Waals surface area contributed by atoms with Crippen LogP contribution in [-0.2, 0) is 76.7 Å². The van der Waals surface area contributed by atoms with Gasteiger partial charge in [0.05, 0.1) is 18.8 Å². The number of rotatable bonds is 83. The normalized spacial score (nSPS) is 11.5. The molecule has 6 amide bonds. The largest absolute Gasteiger partial charge is 0.481 e. The Morgan fingerprint density at radius 2 is 0.571 bits per heavy atom. The summed E-state index contributed by atoms with van der Waals surface area (Å²) in [6, 6.07) is -1.41. The number of hydrogen-bond acceptors (Lipinski definition) is 18. The second kappa shape index (κ2) is 120. The molecule has 4 unspecified atom stereocenters. The number of allylic oxidation sites excluding steroid dienone is 4. The third-order valence-electron chi connectivity index (χ3n) is 21.6. The zero-order valence-corrected chi connectivity index (χ0v) is 87.7. The van der Waals surface area contributed by atoms with Crippen LogP contribution in [-0.4, -0.2) is 213 Å². The average molecular weight is 2000 g/mol. The van der Waals surface area contributed by atoms with E-state index in [4.69, 9.17) is 0 Å². The summed E-state index contributed by atoms with van der Waals surface area (Å²) in [6.07, 6.45) is 61.8. The number of carbonyl (C=O) groups excluding carboxylic acids is 12. The van der Waals surface area contributed by atoms with E-state index in [1.54, 1.807) is 33.8 Å². The lowest BCUT2D eigenvalue weighted by Gasteiger charge is -2.24. The number of Topliss-reactive ketones (excluding diaryl/α,β-unsaturated/α-hetero) is 5. The number of carboxylic acids is 4. The average Bonchev–Trinajstić information content (AvgIpc) is 0.840. The number of unbranched alkanes of at least 4 members (excludes halogenated alkanes) is 38. The standard InChI is InChI=1S/C39H65N3O11.C27H49N3O7.C11H22O.2C9H18O.C9H16O.2CH4.2B.4H2O/c1-3-5-7-9-11-13-15-23-33(44)40-25-19-17-21-30(36(47)48)27-31(43)28-39(53,38(51)52)29-35(46)42-32(37(49)50)22-18-20-26-41-34(45)24-16-14-12-10-8-6-4-2;1-3-4-5-6-7-8-9-10-11-16-24(33)29-18-14-19-30-25(34)21-27(37,26(35)36)20-23(32)15-12-13-17-28-22(2)31;1-3-4-5-6-7-8-9-10-11(2)12;3*1-3-4-5-6-7-8-9(2)10;;;;;;;;/h15-16,23-24,30,32,53H,3-14,17-22,25-29H2,1-2H3,(H,40,44)(H,41,45)(H,42,46)(H,47,48)(H,49,50)(H,51,52);37H,3-21H2,1-2H3,(H,28,31)(H,29,33)(H,30,34)(H,35,36);3-10H2,1-2H3;2*3-8H2,1-2H3;7-8H,3-6H2,1-2H3;2*1H4;;;4*1H2/b23-15+,24-16+;;;;;8-7+;;;;;;;;. The maximum atomic E-state index is 12.7. The molecule has 4 atom stereocenters. The number of hydrogen-bond donors (Lipinski definition) is 12. The van der Waals surface area contributed by atoms with Crippen molar-refractivity contribution in [3.8, 4) is 0 Å². The second-order valence-electron chi connectivity index (χ2n) is 35.3. The van der Waals surface area contributed by atoms with Crippen LogP contribution >= 0.6 is 0 Å². The molecular formula is C106H204B2N6O26. The summed E-state index contributed by atoms with van der Waals surface area (Å²) >= 11 is 0. The van der Waals surface area contributed by atoms with E-state index in [2.05, 4.69) is 80.4 Å². The van der Waals surface area contributed by atoms with E-state index >= 15 is 0 Å². The van der Waals surface area contributed by atoms with Gasteiger partial charge in [-0.25, -0.2) is 14.4 Å². The van der Waals surface area contributed by atoms with Crippen LogP contribution < -0.4 is 31.9 Å². The minimum atomic E-state index is -2.88. The van der Waals surface area contributed by atoms with Crippen molar-refractivity contribution >= 4 is 111 Å². The Morgan fingerprint density at radius 3 is 0.914 bits per heavy atom. The molecule has 32 nitrogen and oxygen atoms in total. The molecule has 820 valence electrons. The second-order valence-corrected chi connectivity index (χ2v) is 35.3. The molecule has 0 saturated heterocycles.